The molecule has 1 aromatic heterocycles. The van der Waals surface area contributed by atoms with Gasteiger partial charge in [0.25, 0.3) is 0 Å². The van der Waals surface area contributed by atoms with E-state index in [2.05, 4.69) is 10.3 Å². The van der Waals surface area contributed by atoms with Gasteiger partial charge in [-0.25, -0.2) is 4.98 Å². The molecule has 6 heteroatoms. The number of hydrogen-bond donors (Lipinski definition) is 2. The van der Waals surface area contributed by atoms with Gasteiger partial charge in [-0.05, 0) is 30.7 Å². The van der Waals surface area contributed by atoms with Crippen LogP contribution in [0.5, 0.6) is 5.75 Å². The van der Waals surface area contributed by atoms with E-state index in [-0.39, 0.29) is 0 Å². The largest absolute Gasteiger partial charge is 0.497 e. The van der Waals surface area contributed by atoms with Gasteiger partial charge in [0.15, 0.2) is 0 Å². The summed E-state index contributed by atoms with van der Waals surface area (Å²) in [5, 5.41) is 15.0. The highest BCUT2D eigenvalue weighted by Gasteiger charge is 2.16. The molecule has 0 saturated carbocycles. The number of methoxy groups -OCH3 is 1. The van der Waals surface area contributed by atoms with Crippen LogP contribution in [0.15, 0.2) is 29.6 Å². The molecule has 2 N–H and O–H groups in total. The smallest absolute Gasteiger partial charge is 0.320 e. The second kappa shape index (κ2) is 7.91. The van der Waals surface area contributed by atoms with Crippen molar-refractivity contribution >= 4 is 17.3 Å². The first-order valence-electron chi connectivity index (χ1n) is 7.19. The molecule has 0 bridgehead atoms. The fraction of sp³-hybridized carbons (Fsp3) is 0.375. The zero-order chi connectivity index (χ0) is 15.9. The van der Waals surface area contributed by atoms with Gasteiger partial charge in [0.05, 0.1) is 12.8 Å². The SMILES string of the molecule is CCCC(NCc1csc(-c2ccc(OC)cc2)n1)C(=O)O. The number of thiazole rings is 1. The molecule has 0 radical (unpaired) electrons. The lowest BCUT2D eigenvalue weighted by molar-refractivity contribution is -0.139. The molecule has 1 heterocycles. The van der Waals surface area contributed by atoms with Gasteiger partial charge < -0.3 is 9.84 Å². The number of carboxylic acid groups (broad SMARTS) is 1. The number of carbonyl (C=O) groups is 1. The Bertz CT molecular complexity index is 610. The van der Waals surface area contributed by atoms with Gasteiger partial charge in [-0.2, -0.15) is 0 Å². The first kappa shape index (κ1) is 16.5. The van der Waals surface area contributed by atoms with Gasteiger partial charge in [0.1, 0.15) is 16.8 Å². The number of aliphatic carboxylic acids is 1. The highest BCUT2D eigenvalue weighted by Crippen LogP contribution is 2.25. The Balaban J connectivity index is 1.99. The first-order chi connectivity index (χ1) is 10.6. The maximum absolute atomic E-state index is 11.1. The van der Waals surface area contributed by atoms with Crippen LogP contribution in [0.1, 0.15) is 25.5 Å². The Labute approximate surface area is 134 Å². The average Bonchev–Trinajstić information content (AvgIpc) is 3.00. The Kier molecular flexibility index (Phi) is 5.91. The summed E-state index contributed by atoms with van der Waals surface area (Å²) in [5.41, 5.74) is 1.89. The zero-order valence-electron chi connectivity index (χ0n) is 12.7. The van der Waals surface area contributed by atoms with E-state index in [9.17, 15) is 4.79 Å². The van der Waals surface area contributed by atoms with Crippen molar-refractivity contribution in [3.63, 3.8) is 0 Å². The normalized spacial score (nSPS) is 12.1. The summed E-state index contributed by atoms with van der Waals surface area (Å²) >= 11 is 1.55. The first-order valence-corrected chi connectivity index (χ1v) is 8.07. The number of hydrogen-bond acceptors (Lipinski definition) is 5. The van der Waals surface area contributed by atoms with Crippen molar-refractivity contribution in [2.45, 2.75) is 32.4 Å². The Hall–Kier alpha value is -1.92. The number of benzene rings is 1. The third-order valence-corrected chi connectivity index (χ3v) is 4.23. The topological polar surface area (TPSA) is 71.5 Å². The highest BCUT2D eigenvalue weighted by atomic mass is 32.1. The van der Waals surface area contributed by atoms with Crippen LogP contribution >= 0.6 is 11.3 Å². The van der Waals surface area contributed by atoms with Gasteiger partial charge in [-0.15, -0.1) is 11.3 Å². The molecule has 0 spiro atoms. The average molecular weight is 320 g/mol. The monoisotopic (exact) mass is 320 g/mol. The van der Waals surface area contributed by atoms with Gasteiger partial charge >= 0.3 is 5.97 Å². The molecular formula is C16H20N2O3S. The highest BCUT2D eigenvalue weighted by molar-refractivity contribution is 7.13. The molecule has 0 aliphatic carbocycles. The van der Waals surface area contributed by atoms with Crippen LogP contribution in [0, 0.1) is 0 Å². The second-order valence-corrected chi connectivity index (χ2v) is 5.79. The number of carboxylic acids is 1. The predicted molar refractivity (Wildman–Crippen MR) is 87.3 cm³/mol. The number of aromatic nitrogens is 1. The van der Waals surface area contributed by atoms with Crippen molar-refractivity contribution in [2.75, 3.05) is 7.11 Å². The fourth-order valence-corrected chi connectivity index (χ4v) is 2.91. The van der Waals surface area contributed by atoms with Gasteiger partial charge in [0.2, 0.25) is 0 Å². The van der Waals surface area contributed by atoms with Crippen LogP contribution in [0.4, 0.5) is 0 Å². The lowest BCUT2D eigenvalue weighted by atomic mass is 10.1. The summed E-state index contributed by atoms with van der Waals surface area (Å²) < 4.78 is 5.14. The molecule has 2 rings (SSSR count). The number of nitrogens with one attached hydrogen (secondary N) is 1. The van der Waals surface area contributed by atoms with Crippen molar-refractivity contribution in [1.29, 1.82) is 0 Å². The van der Waals surface area contributed by atoms with Crippen molar-refractivity contribution in [1.82, 2.24) is 10.3 Å². The molecule has 1 unspecified atom stereocenters. The van der Waals surface area contributed by atoms with E-state index in [4.69, 9.17) is 9.84 Å². The van der Waals surface area contributed by atoms with Gasteiger partial charge in [0, 0.05) is 17.5 Å². The molecule has 0 aliphatic heterocycles. The van der Waals surface area contributed by atoms with Crippen LogP contribution in [-0.4, -0.2) is 29.2 Å². The quantitative estimate of drug-likeness (QED) is 0.782. The van der Waals surface area contributed by atoms with Crippen LogP contribution in [0.25, 0.3) is 10.6 Å². The maximum Gasteiger partial charge on any atom is 0.320 e. The molecule has 118 valence electrons. The Morgan fingerprint density at radius 2 is 2.14 bits per heavy atom. The summed E-state index contributed by atoms with van der Waals surface area (Å²) in [6.45, 7) is 2.44. The second-order valence-electron chi connectivity index (χ2n) is 4.93. The molecule has 1 atom stereocenters. The van der Waals surface area contributed by atoms with E-state index in [1.807, 2.05) is 36.6 Å². The van der Waals surface area contributed by atoms with Gasteiger partial charge in [-0.1, -0.05) is 13.3 Å². The fourth-order valence-electron chi connectivity index (χ4n) is 2.08. The van der Waals surface area contributed by atoms with Crippen molar-refractivity contribution in [3.8, 4) is 16.3 Å². The minimum absolute atomic E-state index is 0.462. The third kappa shape index (κ3) is 4.29. The lowest BCUT2D eigenvalue weighted by Gasteiger charge is -2.11. The van der Waals surface area contributed by atoms with E-state index in [1.165, 1.54) is 0 Å². The van der Waals surface area contributed by atoms with E-state index in [0.717, 1.165) is 28.4 Å². The third-order valence-electron chi connectivity index (χ3n) is 3.29. The van der Waals surface area contributed by atoms with Crippen molar-refractivity contribution in [3.05, 3.63) is 35.3 Å². The number of rotatable bonds is 8. The minimum Gasteiger partial charge on any atom is -0.497 e. The Morgan fingerprint density at radius 1 is 1.41 bits per heavy atom. The molecule has 0 amide bonds. The van der Waals surface area contributed by atoms with E-state index >= 15 is 0 Å². The number of nitrogens with zero attached hydrogens (tertiary/aromatic N) is 1. The van der Waals surface area contributed by atoms with Crippen LogP contribution in [0.2, 0.25) is 0 Å². The Morgan fingerprint density at radius 3 is 2.73 bits per heavy atom. The van der Waals surface area contributed by atoms with Crippen LogP contribution < -0.4 is 10.1 Å². The van der Waals surface area contributed by atoms with Crippen LogP contribution in [-0.2, 0) is 11.3 Å². The molecule has 0 aliphatic rings. The summed E-state index contributed by atoms with van der Waals surface area (Å²) in [6, 6.07) is 7.21. The van der Waals surface area contributed by atoms with Crippen LogP contribution in [0.3, 0.4) is 0 Å². The van der Waals surface area contributed by atoms with Gasteiger partial charge in [-0.3, -0.25) is 10.1 Å². The number of ether oxygens (including phenoxy) is 1. The predicted octanol–water partition coefficient (Wildman–Crippen LogP) is 3.16. The summed E-state index contributed by atoms with van der Waals surface area (Å²) in [5.74, 6) is -0.00137. The standard InChI is InChI=1S/C16H20N2O3S/c1-3-4-14(16(19)20)17-9-12-10-22-15(18-12)11-5-7-13(21-2)8-6-11/h5-8,10,14,17H,3-4,9H2,1-2H3,(H,19,20). The summed E-state index contributed by atoms with van der Waals surface area (Å²) in [6.07, 6.45) is 1.45. The molecule has 2 aromatic rings. The van der Waals surface area contributed by atoms with E-state index in [1.54, 1.807) is 18.4 Å². The molecule has 5 nitrogen and oxygen atoms in total. The summed E-state index contributed by atoms with van der Waals surface area (Å²) in [4.78, 5) is 15.7. The van der Waals surface area contributed by atoms with E-state index < -0.39 is 12.0 Å². The lowest BCUT2D eigenvalue weighted by Crippen LogP contribution is -2.36. The zero-order valence-corrected chi connectivity index (χ0v) is 13.5. The van der Waals surface area contributed by atoms with E-state index in [0.29, 0.717) is 13.0 Å². The van der Waals surface area contributed by atoms with Crippen molar-refractivity contribution in [2.24, 2.45) is 0 Å². The summed E-state index contributed by atoms with van der Waals surface area (Å²) in [7, 11) is 1.64. The molecule has 22 heavy (non-hydrogen) atoms. The maximum atomic E-state index is 11.1. The minimum atomic E-state index is -0.813. The molecule has 0 fully saturated rings. The molecule has 0 saturated heterocycles. The molecule has 1 aromatic carbocycles. The van der Waals surface area contributed by atoms with Crippen molar-refractivity contribution < 1.29 is 14.6 Å². The molecular weight excluding hydrogens is 300 g/mol.